The lowest BCUT2D eigenvalue weighted by atomic mass is 10.2. The summed E-state index contributed by atoms with van der Waals surface area (Å²) in [6.07, 6.45) is 0. The second kappa shape index (κ2) is 10.2. The molecule has 6 heteroatoms. The molecule has 2 aromatic carbocycles. The molecule has 146 valence electrons. The summed E-state index contributed by atoms with van der Waals surface area (Å²) in [6, 6.07) is 11.1. The second-order valence-electron chi connectivity index (χ2n) is 6.45. The Hall–Kier alpha value is -2.21. The van der Waals surface area contributed by atoms with Gasteiger partial charge in [-0.2, -0.15) is 0 Å². The number of carbonyl (C=O) groups excluding carboxylic acids is 1. The molecule has 5 nitrogen and oxygen atoms in total. The molecule has 27 heavy (non-hydrogen) atoms. The number of carbonyl (C=O) groups is 1. The third-order valence-electron chi connectivity index (χ3n) is 3.46. The normalized spacial score (nSPS) is 10.6. The molecule has 0 aromatic heterocycles. The van der Waals surface area contributed by atoms with E-state index in [0.717, 1.165) is 15.8 Å². The van der Waals surface area contributed by atoms with E-state index in [4.69, 9.17) is 18.9 Å². The molecule has 0 aliphatic carbocycles. The quantitative estimate of drug-likeness (QED) is 0.483. The summed E-state index contributed by atoms with van der Waals surface area (Å²) in [6.45, 7) is 8.72. The standard InChI is InChI=1S/C21H25BrO5/c1-5-24-21(23)13-26-20-7-6-17(8-15(20)4)27-19-10-16(22)9-18(11-19)25-12-14(2)3/h6-11,14H,5,12-13H2,1-4H3. The molecule has 0 atom stereocenters. The number of rotatable bonds is 9. The van der Waals surface area contributed by atoms with Gasteiger partial charge in [0.2, 0.25) is 0 Å². The first-order valence-corrected chi connectivity index (χ1v) is 9.67. The number of hydrogen-bond acceptors (Lipinski definition) is 5. The van der Waals surface area contributed by atoms with Gasteiger partial charge < -0.3 is 18.9 Å². The predicted octanol–water partition coefficient (Wildman–Crippen LogP) is 5.53. The molecule has 0 amide bonds. The van der Waals surface area contributed by atoms with Crippen molar-refractivity contribution in [3.8, 4) is 23.0 Å². The molecule has 0 N–H and O–H groups in total. The maximum atomic E-state index is 11.4. The number of halogens is 1. The van der Waals surface area contributed by atoms with Gasteiger partial charge in [-0.3, -0.25) is 0 Å². The average molecular weight is 437 g/mol. The second-order valence-corrected chi connectivity index (χ2v) is 7.37. The summed E-state index contributed by atoms with van der Waals surface area (Å²) in [5.41, 5.74) is 0.864. The van der Waals surface area contributed by atoms with Crippen LogP contribution in [0.4, 0.5) is 0 Å². The van der Waals surface area contributed by atoms with Gasteiger partial charge in [-0.05, 0) is 55.7 Å². The fourth-order valence-corrected chi connectivity index (χ4v) is 2.72. The first-order valence-electron chi connectivity index (χ1n) is 8.87. The lowest BCUT2D eigenvalue weighted by molar-refractivity contribution is -0.145. The van der Waals surface area contributed by atoms with Gasteiger partial charge in [-0.15, -0.1) is 0 Å². The predicted molar refractivity (Wildman–Crippen MR) is 108 cm³/mol. The summed E-state index contributed by atoms with van der Waals surface area (Å²) in [5.74, 6) is 2.76. The van der Waals surface area contributed by atoms with Gasteiger partial charge in [0.15, 0.2) is 6.61 Å². The molecule has 0 saturated heterocycles. The lowest BCUT2D eigenvalue weighted by Gasteiger charge is -2.13. The molecule has 2 aromatic rings. The number of aryl methyl sites for hydroxylation is 1. The van der Waals surface area contributed by atoms with Gasteiger partial charge in [-0.25, -0.2) is 4.79 Å². The minimum atomic E-state index is -0.389. The van der Waals surface area contributed by atoms with Crippen molar-refractivity contribution in [3.05, 3.63) is 46.4 Å². The van der Waals surface area contributed by atoms with Crippen molar-refractivity contribution in [1.29, 1.82) is 0 Å². The Morgan fingerprint density at radius 3 is 2.44 bits per heavy atom. The molecule has 0 spiro atoms. The number of hydrogen-bond donors (Lipinski definition) is 0. The number of ether oxygens (including phenoxy) is 4. The minimum Gasteiger partial charge on any atom is -0.493 e. The van der Waals surface area contributed by atoms with Crippen molar-refractivity contribution in [1.82, 2.24) is 0 Å². The van der Waals surface area contributed by atoms with Crippen LogP contribution in [-0.4, -0.2) is 25.8 Å². The van der Waals surface area contributed by atoms with Crippen LogP contribution >= 0.6 is 15.9 Å². The van der Waals surface area contributed by atoms with Crippen LogP contribution in [0.1, 0.15) is 26.3 Å². The molecule has 0 aliphatic heterocycles. The molecule has 0 saturated carbocycles. The molecule has 0 aliphatic rings. The molecule has 0 bridgehead atoms. The zero-order chi connectivity index (χ0) is 19.8. The van der Waals surface area contributed by atoms with Crippen molar-refractivity contribution >= 4 is 21.9 Å². The van der Waals surface area contributed by atoms with Crippen LogP contribution in [0.2, 0.25) is 0 Å². The fourth-order valence-electron chi connectivity index (χ4n) is 2.26. The zero-order valence-electron chi connectivity index (χ0n) is 16.1. The first kappa shape index (κ1) is 21.1. The molecule has 0 radical (unpaired) electrons. The van der Waals surface area contributed by atoms with E-state index in [0.29, 0.717) is 36.4 Å². The highest BCUT2D eigenvalue weighted by atomic mass is 79.9. The Morgan fingerprint density at radius 2 is 1.78 bits per heavy atom. The van der Waals surface area contributed by atoms with Gasteiger partial charge in [-0.1, -0.05) is 29.8 Å². The largest absolute Gasteiger partial charge is 0.493 e. The smallest absolute Gasteiger partial charge is 0.344 e. The van der Waals surface area contributed by atoms with Crippen molar-refractivity contribution < 1.29 is 23.7 Å². The van der Waals surface area contributed by atoms with Crippen LogP contribution in [0.15, 0.2) is 40.9 Å². The third kappa shape index (κ3) is 7.13. The maximum absolute atomic E-state index is 11.4. The van der Waals surface area contributed by atoms with Crippen molar-refractivity contribution in [3.63, 3.8) is 0 Å². The number of benzene rings is 2. The van der Waals surface area contributed by atoms with Crippen LogP contribution in [0, 0.1) is 12.8 Å². The van der Waals surface area contributed by atoms with Crippen molar-refractivity contribution in [2.45, 2.75) is 27.7 Å². The summed E-state index contributed by atoms with van der Waals surface area (Å²) < 4.78 is 22.9. The number of esters is 1. The molecule has 0 heterocycles. The van der Waals surface area contributed by atoms with Crippen LogP contribution in [0.25, 0.3) is 0 Å². The highest BCUT2D eigenvalue weighted by Crippen LogP contribution is 2.32. The fraction of sp³-hybridized carbons (Fsp3) is 0.381. The van der Waals surface area contributed by atoms with Gasteiger partial charge in [0, 0.05) is 10.5 Å². The van der Waals surface area contributed by atoms with Gasteiger partial charge in [0.25, 0.3) is 0 Å². The van der Waals surface area contributed by atoms with E-state index in [1.807, 2.05) is 31.2 Å². The topological polar surface area (TPSA) is 54.0 Å². The molecular weight excluding hydrogens is 412 g/mol. The van der Waals surface area contributed by atoms with Gasteiger partial charge in [0.1, 0.15) is 23.0 Å². The summed E-state index contributed by atoms with van der Waals surface area (Å²) in [7, 11) is 0. The zero-order valence-corrected chi connectivity index (χ0v) is 17.7. The first-order chi connectivity index (χ1) is 12.9. The van der Waals surface area contributed by atoms with Gasteiger partial charge in [0.05, 0.1) is 13.2 Å². The van der Waals surface area contributed by atoms with Crippen LogP contribution < -0.4 is 14.2 Å². The third-order valence-corrected chi connectivity index (χ3v) is 3.92. The molecule has 0 unspecified atom stereocenters. The van der Waals surface area contributed by atoms with E-state index in [1.54, 1.807) is 19.1 Å². The van der Waals surface area contributed by atoms with E-state index in [2.05, 4.69) is 29.8 Å². The van der Waals surface area contributed by atoms with Crippen LogP contribution in [0.5, 0.6) is 23.0 Å². The highest BCUT2D eigenvalue weighted by Gasteiger charge is 2.08. The molecular formula is C21H25BrO5. The van der Waals surface area contributed by atoms with Crippen LogP contribution in [-0.2, 0) is 9.53 Å². The van der Waals surface area contributed by atoms with E-state index >= 15 is 0 Å². The summed E-state index contributed by atoms with van der Waals surface area (Å²) in [4.78, 5) is 11.4. The van der Waals surface area contributed by atoms with E-state index in [-0.39, 0.29) is 12.6 Å². The monoisotopic (exact) mass is 436 g/mol. The average Bonchev–Trinajstić information content (AvgIpc) is 2.59. The molecule has 0 fully saturated rings. The van der Waals surface area contributed by atoms with Crippen LogP contribution in [0.3, 0.4) is 0 Å². The maximum Gasteiger partial charge on any atom is 0.344 e. The Bertz CT molecular complexity index is 773. The Balaban J connectivity index is 2.05. The lowest BCUT2D eigenvalue weighted by Crippen LogP contribution is -2.14. The van der Waals surface area contributed by atoms with E-state index in [9.17, 15) is 4.79 Å². The van der Waals surface area contributed by atoms with Crippen molar-refractivity contribution in [2.24, 2.45) is 5.92 Å². The molecule has 2 rings (SSSR count). The minimum absolute atomic E-state index is 0.114. The highest BCUT2D eigenvalue weighted by molar-refractivity contribution is 9.10. The SMILES string of the molecule is CCOC(=O)COc1ccc(Oc2cc(Br)cc(OCC(C)C)c2)cc1C. The summed E-state index contributed by atoms with van der Waals surface area (Å²) in [5, 5.41) is 0. The van der Waals surface area contributed by atoms with E-state index in [1.165, 1.54) is 0 Å². The van der Waals surface area contributed by atoms with E-state index < -0.39 is 0 Å². The Morgan fingerprint density at radius 1 is 1.04 bits per heavy atom. The van der Waals surface area contributed by atoms with Crippen molar-refractivity contribution in [2.75, 3.05) is 19.8 Å². The Kier molecular flexibility index (Phi) is 7.98. The van der Waals surface area contributed by atoms with Gasteiger partial charge >= 0.3 is 5.97 Å². The Labute approximate surface area is 168 Å². The summed E-state index contributed by atoms with van der Waals surface area (Å²) >= 11 is 3.48.